The molecule has 0 N–H and O–H groups in total. The molecule has 0 aliphatic heterocycles. The van der Waals surface area contributed by atoms with Gasteiger partial charge < -0.3 is 9.26 Å². The molecule has 0 aliphatic rings. The number of aromatic nitrogens is 4. The lowest BCUT2D eigenvalue weighted by Gasteiger charge is -2.05. The van der Waals surface area contributed by atoms with Gasteiger partial charge in [0, 0.05) is 11.6 Å². The Kier molecular flexibility index (Phi) is 4.92. The minimum Gasteiger partial charge on any atom is -0.459 e. The SMILES string of the molecule is O=C(CCn1nnc2ccccc2c1=O)OCc1cc(-c2ccccc2)on1. The van der Waals surface area contributed by atoms with E-state index >= 15 is 0 Å². The van der Waals surface area contributed by atoms with Crippen molar-refractivity contribution in [1.82, 2.24) is 20.2 Å². The fourth-order valence-corrected chi connectivity index (χ4v) is 2.71. The van der Waals surface area contributed by atoms with E-state index in [1.807, 2.05) is 30.3 Å². The van der Waals surface area contributed by atoms with Gasteiger partial charge in [0.25, 0.3) is 5.56 Å². The van der Waals surface area contributed by atoms with Crippen LogP contribution in [-0.2, 0) is 22.7 Å². The van der Waals surface area contributed by atoms with Crippen LogP contribution in [-0.4, -0.2) is 26.1 Å². The van der Waals surface area contributed by atoms with Crippen molar-refractivity contribution in [1.29, 1.82) is 0 Å². The van der Waals surface area contributed by atoms with Gasteiger partial charge in [0.15, 0.2) is 5.76 Å². The van der Waals surface area contributed by atoms with Gasteiger partial charge in [-0.2, -0.15) is 0 Å². The highest BCUT2D eigenvalue weighted by molar-refractivity contribution is 5.76. The summed E-state index contributed by atoms with van der Waals surface area (Å²) in [5.74, 6) is 0.135. The largest absolute Gasteiger partial charge is 0.459 e. The molecule has 0 unspecified atom stereocenters. The Labute approximate surface area is 159 Å². The van der Waals surface area contributed by atoms with Crippen molar-refractivity contribution in [3.63, 3.8) is 0 Å². The summed E-state index contributed by atoms with van der Waals surface area (Å²) in [5.41, 5.74) is 1.63. The molecule has 4 rings (SSSR count). The fraction of sp³-hybridized carbons (Fsp3) is 0.150. The zero-order valence-corrected chi connectivity index (χ0v) is 14.8. The van der Waals surface area contributed by atoms with Gasteiger partial charge in [-0.05, 0) is 12.1 Å². The molecule has 0 saturated heterocycles. The lowest BCUT2D eigenvalue weighted by atomic mass is 10.2. The Morgan fingerprint density at radius 3 is 2.71 bits per heavy atom. The number of nitrogens with zero attached hydrogens (tertiary/aromatic N) is 4. The van der Waals surface area contributed by atoms with Crippen molar-refractivity contribution in [3.05, 3.63) is 76.7 Å². The van der Waals surface area contributed by atoms with Crippen LogP contribution in [0.1, 0.15) is 12.1 Å². The van der Waals surface area contributed by atoms with Crippen LogP contribution < -0.4 is 5.56 Å². The van der Waals surface area contributed by atoms with Gasteiger partial charge in [0.1, 0.15) is 17.8 Å². The first kappa shape index (κ1) is 17.6. The summed E-state index contributed by atoms with van der Waals surface area (Å²) in [4.78, 5) is 24.3. The number of hydrogen-bond donors (Lipinski definition) is 0. The maximum absolute atomic E-state index is 12.3. The summed E-state index contributed by atoms with van der Waals surface area (Å²) in [6.07, 6.45) is -0.00365. The van der Waals surface area contributed by atoms with E-state index in [4.69, 9.17) is 9.26 Å². The van der Waals surface area contributed by atoms with Crippen molar-refractivity contribution in [2.45, 2.75) is 19.6 Å². The lowest BCUT2D eigenvalue weighted by Crippen LogP contribution is -2.25. The molecule has 2 aromatic heterocycles. The van der Waals surface area contributed by atoms with Crippen LogP contribution in [0.5, 0.6) is 0 Å². The van der Waals surface area contributed by atoms with Crippen LogP contribution in [0.2, 0.25) is 0 Å². The number of carbonyl (C=O) groups is 1. The van der Waals surface area contributed by atoms with Crippen LogP contribution in [0.3, 0.4) is 0 Å². The second kappa shape index (κ2) is 7.83. The number of carbonyl (C=O) groups excluding carboxylic acids is 1. The highest BCUT2D eigenvalue weighted by Crippen LogP contribution is 2.20. The molecule has 2 heterocycles. The van der Waals surface area contributed by atoms with E-state index in [1.54, 1.807) is 30.3 Å². The van der Waals surface area contributed by atoms with Gasteiger partial charge in [-0.15, -0.1) is 5.10 Å². The van der Waals surface area contributed by atoms with E-state index in [0.717, 1.165) is 10.2 Å². The Balaban J connectivity index is 1.34. The minimum absolute atomic E-state index is 0.00365. The third kappa shape index (κ3) is 3.80. The molecule has 0 atom stereocenters. The molecule has 0 spiro atoms. The highest BCUT2D eigenvalue weighted by Gasteiger charge is 2.11. The molecule has 0 fully saturated rings. The Hall–Kier alpha value is -3.81. The molecule has 2 aromatic carbocycles. The molecular formula is C20H16N4O4. The quantitative estimate of drug-likeness (QED) is 0.477. The van der Waals surface area contributed by atoms with E-state index < -0.39 is 5.97 Å². The monoisotopic (exact) mass is 376 g/mol. The van der Waals surface area contributed by atoms with Gasteiger partial charge in [-0.3, -0.25) is 9.59 Å². The van der Waals surface area contributed by atoms with Crippen molar-refractivity contribution in [3.8, 4) is 11.3 Å². The number of rotatable bonds is 6. The summed E-state index contributed by atoms with van der Waals surface area (Å²) in [6, 6.07) is 18.2. The molecule has 140 valence electrons. The molecule has 4 aromatic rings. The van der Waals surface area contributed by atoms with Crippen LogP contribution in [0.4, 0.5) is 0 Å². The first-order valence-electron chi connectivity index (χ1n) is 8.70. The predicted octanol–water partition coefficient (Wildman–Crippen LogP) is 2.58. The fourth-order valence-electron chi connectivity index (χ4n) is 2.71. The third-order valence-corrected chi connectivity index (χ3v) is 4.16. The number of hydrogen-bond acceptors (Lipinski definition) is 7. The molecule has 0 bridgehead atoms. The van der Waals surface area contributed by atoms with Crippen LogP contribution in [0.15, 0.2) is 70.0 Å². The van der Waals surface area contributed by atoms with E-state index in [1.165, 1.54) is 0 Å². The van der Waals surface area contributed by atoms with E-state index in [2.05, 4.69) is 15.5 Å². The molecule has 28 heavy (non-hydrogen) atoms. The van der Waals surface area contributed by atoms with Gasteiger partial charge >= 0.3 is 5.97 Å². The zero-order valence-electron chi connectivity index (χ0n) is 14.8. The maximum Gasteiger partial charge on any atom is 0.308 e. The van der Waals surface area contributed by atoms with Crippen molar-refractivity contribution in [2.24, 2.45) is 0 Å². The summed E-state index contributed by atoms with van der Waals surface area (Å²) in [7, 11) is 0. The topological polar surface area (TPSA) is 100 Å². The first-order chi connectivity index (χ1) is 13.7. The van der Waals surface area contributed by atoms with E-state index in [0.29, 0.717) is 22.4 Å². The normalized spacial score (nSPS) is 10.9. The van der Waals surface area contributed by atoms with Crippen LogP contribution in [0, 0.1) is 0 Å². The lowest BCUT2D eigenvalue weighted by molar-refractivity contribution is -0.145. The number of ether oxygens (including phenoxy) is 1. The Morgan fingerprint density at radius 1 is 1.07 bits per heavy atom. The molecular weight excluding hydrogens is 360 g/mol. The summed E-state index contributed by atoms with van der Waals surface area (Å²) in [5, 5.41) is 12.2. The zero-order chi connectivity index (χ0) is 19.3. The second-order valence-electron chi connectivity index (χ2n) is 6.09. The average molecular weight is 376 g/mol. The van der Waals surface area contributed by atoms with Crippen molar-refractivity contribution >= 4 is 16.9 Å². The van der Waals surface area contributed by atoms with Gasteiger partial charge in [-0.25, -0.2) is 4.68 Å². The first-order valence-corrected chi connectivity index (χ1v) is 8.70. The van der Waals surface area contributed by atoms with E-state index in [9.17, 15) is 9.59 Å². The third-order valence-electron chi connectivity index (χ3n) is 4.16. The van der Waals surface area contributed by atoms with Crippen molar-refractivity contribution in [2.75, 3.05) is 0 Å². The maximum atomic E-state index is 12.3. The number of aryl methyl sites for hydroxylation is 1. The Bertz CT molecular complexity index is 1170. The summed E-state index contributed by atoms with van der Waals surface area (Å²) >= 11 is 0. The van der Waals surface area contributed by atoms with Crippen molar-refractivity contribution < 1.29 is 14.1 Å². The number of esters is 1. The minimum atomic E-state index is -0.467. The molecule has 0 amide bonds. The summed E-state index contributed by atoms with van der Waals surface area (Å²) < 4.78 is 11.6. The highest BCUT2D eigenvalue weighted by atomic mass is 16.5. The molecule has 8 heteroatoms. The second-order valence-corrected chi connectivity index (χ2v) is 6.09. The Morgan fingerprint density at radius 2 is 1.86 bits per heavy atom. The molecule has 8 nitrogen and oxygen atoms in total. The average Bonchev–Trinajstić information content (AvgIpc) is 3.22. The van der Waals surface area contributed by atoms with Crippen LogP contribution in [0.25, 0.3) is 22.2 Å². The number of fused-ring (bicyclic) bond motifs is 1. The summed E-state index contributed by atoms with van der Waals surface area (Å²) in [6.45, 7) is 0.0804. The molecule has 0 saturated carbocycles. The van der Waals surface area contributed by atoms with Gasteiger partial charge in [0.05, 0.1) is 18.4 Å². The van der Waals surface area contributed by atoms with Gasteiger partial charge in [-0.1, -0.05) is 52.8 Å². The predicted molar refractivity (Wildman–Crippen MR) is 100 cm³/mol. The van der Waals surface area contributed by atoms with E-state index in [-0.39, 0.29) is 25.1 Å². The molecule has 0 aliphatic carbocycles. The standard InChI is InChI=1S/C20H16N4O4/c25-19(10-11-24-20(26)16-8-4-5-9-17(16)21-23-24)27-13-15-12-18(28-22-15)14-6-2-1-3-7-14/h1-9,12H,10-11,13H2. The molecule has 0 radical (unpaired) electrons. The number of benzene rings is 2. The smallest absolute Gasteiger partial charge is 0.308 e. The van der Waals surface area contributed by atoms with Gasteiger partial charge in [0.2, 0.25) is 0 Å². The van der Waals surface area contributed by atoms with Crippen LogP contribution >= 0.6 is 0 Å².